The molecular weight excluding hydrogens is 475 g/mol. The van der Waals surface area contributed by atoms with Crippen LogP contribution >= 0.6 is 24.0 Å². The molecule has 2 rings (SSSR count). The van der Waals surface area contributed by atoms with Gasteiger partial charge in [-0.1, -0.05) is 20.3 Å². The molecular formula is C19H37IN4O2S. The zero-order chi connectivity index (χ0) is 18.9. The summed E-state index contributed by atoms with van der Waals surface area (Å²) in [5.41, 5.74) is 0. The number of halogens is 1. The molecule has 4 atom stereocenters. The second kappa shape index (κ2) is 13.0. The van der Waals surface area contributed by atoms with Gasteiger partial charge in [-0.05, 0) is 38.5 Å². The number of carbonyl (C=O) groups excluding carboxylic acids is 1. The van der Waals surface area contributed by atoms with E-state index in [9.17, 15) is 9.00 Å². The number of nitrogens with one attached hydrogen (secondary N) is 2. The minimum absolute atomic E-state index is 0. The van der Waals surface area contributed by atoms with Gasteiger partial charge in [0, 0.05) is 60.4 Å². The van der Waals surface area contributed by atoms with Crippen LogP contribution in [-0.4, -0.2) is 64.2 Å². The van der Waals surface area contributed by atoms with Crippen molar-refractivity contribution in [1.29, 1.82) is 0 Å². The summed E-state index contributed by atoms with van der Waals surface area (Å²) in [4.78, 5) is 18.3. The van der Waals surface area contributed by atoms with Gasteiger partial charge in [0.05, 0.1) is 0 Å². The lowest BCUT2D eigenvalue weighted by Crippen LogP contribution is -2.47. The summed E-state index contributed by atoms with van der Waals surface area (Å²) in [6, 6.07) is 0.666. The topological polar surface area (TPSA) is 73.8 Å². The average Bonchev–Trinajstić information content (AvgIpc) is 3.09. The van der Waals surface area contributed by atoms with Crippen molar-refractivity contribution in [2.75, 3.05) is 25.9 Å². The fourth-order valence-electron chi connectivity index (χ4n) is 4.13. The number of nitrogens with zero attached hydrogens (tertiary/aromatic N) is 2. The number of amides is 1. The van der Waals surface area contributed by atoms with E-state index >= 15 is 0 Å². The molecule has 2 aliphatic rings. The standard InChI is InChI=1S/C19H36N4O2S.HI/c1-4-16(23-13-7-10-18(23)24)11-12-21-19(20-3)22-15-8-6-9-17(14-15)26(25)5-2;/h15-17H,4-14H2,1-3H3,(H2,20,21,22);1H. The zero-order valence-electron chi connectivity index (χ0n) is 17.0. The maximum absolute atomic E-state index is 12.1. The maximum Gasteiger partial charge on any atom is 0.222 e. The SMILES string of the molecule is CCC(CCNC(=NC)NC1CCCC(S(=O)CC)C1)N1CCCC1=O.I. The number of aliphatic imine (C=N–C) groups is 1. The van der Waals surface area contributed by atoms with Crippen LogP contribution in [0, 0.1) is 0 Å². The maximum atomic E-state index is 12.1. The predicted octanol–water partition coefficient (Wildman–Crippen LogP) is 2.64. The number of likely N-dealkylation sites (tertiary alicyclic amines) is 1. The molecule has 0 aromatic rings. The predicted molar refractivity (Wildman–Crippen MR) is 124 cm³/mol. The van der Waals surface area contributed by atoms with Gasteiger partial charge in [-0.3, -0.25) is 14.0 Å². The van der Waals surface area contributed by atoms with Crippen molar-refractivity contribution in [3.63, 3.8) is 0 Å². The van der Waals surface area contributed by atoms with E-state index in [0.717, 1.165) is 69.7 Å². The summed E-state index contributed by atoms with van der Waals surface area (Å²) < 4.78 is 12.1. The van der Waals surface area contributed by atoms with Crippen LogP contribution in [0.15, 0.2) is 4.99 Å². The average molecular weight is 513 g/mol. The molecule has 27 heavy (non-hydrogen) atoms. The molecule has 1 amide bonds. The molecule has 0 spiro atoms. The van der Waals surface area contributed by atoms with E-state index in [2.05, 4.69) is 22.5 Å². The largest absolute Gasteiger partial charge is 0.356 e. The fourth-order valence-corrected chi connectivity index (χ4v) is 5.48. The third-order valence-electron chi connectivity index (χ3n) is 5.64. The number of rotatable bonds is 8. The molecule has 1 saturated heterocycles. The highest BCUT2D eigenvalue weighted by Gasteiger charge is 2.27. The Morgan fingerprint density at radius 2 is 2.11 bits per heavy atom. The van der Waals surface area contributed by atoms with Crippen LogP contribution in [0.3, 0.4) is 0 Å². The molecule has 0 aromatic heterocycles. The number of hydrogen-bond acceptors (Lipinski definition) is 3. The summed E-state index contributed by atoms with van der Waals surface area (Å²) >= 11 is 0. The molecule has 1 aliphatic carbocycles. The van der Waals surface area contributed by atoms with Crippen LogP contribution in [0.4, 0.5) is 0 Å². The van der Waals surface area contributed by atoms with Crippen molar-refractivity contribution >= 4 is 46.6 Å². The van der Waals surface area contributed by atoms with Gasteiger partial charge in [-0.15, -0.1) is 24.0 Å². The quantitative estimate of drug-likeness (QED) is 0.298. The number of hydrogen-bond donors (Lipinski definition) is 2. The molecule has 2 fully saturated rings. The van der Waals surface area contributed by atoms with Gasteiger partial charge < -0.3 is 15.5 Å². The summed E-state index contributed by atoms with van der Waals surface area (Å²) in [5.74, 6) is 1.87. The first kappa shape index (κ1) is 24.7. The van der Waals surface area contributed by atoms with Gasteiger partial charge in [0.15, 0.2) is 5.96 Å². The Balaban J connectivity index is 0.00000364. The van der Waals surface area contributed by atoms with Crippen LogP contribution < -0.4 is 10.6 Å². The molecule has 1 heterocycles. The molecule has 1 aliphatic heterocycles. The van der Waals surface area contributed by atoms with Gasteiger partial charge >= 0.3 is 0 Å². The second-order valence-electron chi connectivity index (χ2n) is 7.34. The van der Waals surface area contributed by atoms with E-state index in [4.69, 9.17) is 0 Å². The van der Waals surface area contributed by atoms with Crippen molar-refractivity contribution in [2.24, 2.45) is 4.99 Å². The third kappa shape index (κ3) is 7.51. The number of carbonyl (C=O) groups is 1. The molecule has 0 bridgehead atoms. The first-order chi connectivity index (χ1) is 12.6. The molecule has 0 radical (unpaired) electrons. The van der Waals surface area contributed by atoms with E-state index in [1.807, 2.05) is 11.8 Å². The lowest BCUT2D eigenvalue weighted by atomic mass is 9.95. The van der Waals surface area contributed by atoms with Crippen molar-refractivity contribution < 1.29 is 9.00 Å². The highest BCUT2D eigenvalue weighted by atomic mass is 127. The lowest BCUT2D eigenvalue weighted by Gasteiger charge is -2.31. The third-order valence-corrected chi connectivity index (χ3v) is 7.38. The van der Waals surface area contributed by atoms with Crippen molar-refractivity contribution in [3.05, 3.63) is 0 Å². The Morgan fingerprint density at radius 1 is 1.33 bits per heavy atom. The molecule has 2 N–H and O–H groups in total. The Bertz CT molecular complexity index is 518. The first-order valence-electron chi connectivity index (χ1n) is 10.2. The highest BCUT2D eigenvalue weighted by Crippen LogP contribution is 2.23. The van der Waals surface area contributed by atoms with Crippen molar-refractivity contribution in [3.8, 4) is 0 Å². The van der Waals surface area contributed by atoms with Crippen molar-refractivity contribution in [1.82, 2.24) is 15.5 Å². The van der Waals surface area contributed by atoms with Gasteiger partial charge in [-0.25, -0.2) is 0 Å². The monoisotopic (exact) mass is 512 g/mol. The van der Waals surface area contributed by atoms with E-state index in [-0.39, 0.29) is 24.0 Å². The highest BCUT2D eigenvalue weighted by molar-refractivity contribution is 14.0. The first-order valence-corrected chi connectivity index (χ1v) is 11.6. The smallest absolute Gasteiger partial charge is 0.222 e. The molecule has 0 aromatic carbocycles. The number of guanidine groups is 1. The van der Waals surface area contributed by atoms with Gasteiger partial charge in [0.25, 0.3) is 0 Å². The fraction of sp³-hybridized carbons (Fsp3) is 0.895. The van der Waals surface area contributed by atoms with E-state index in [1.165, 1.54) is 0 Å². The molecule has 6 nitrogen and oxygen atoms in total. The Morgan fingerprint density at radius 3 is 2.70 bits per heavy atom. The summed E-state index contributed by atoms with van der Waals surface area (Å²) in [5, 5.41) is 7.23. The van der Waals surface area contributed by atoms with Gasteiger partial charge in [-0.2, -0.15) is 0 Å². The van der Waals surface area contributed by atoms with E-state index in [1.54, 1.807) is 7.05 Å². The van der Waals surface area contributed by atoms with E-state index < -0.39 is 10.8 Å². The zero-order valence-corrected chi connectivity index (χ0v) is 20.2. The Kier molecular flexibility index (Phi) is 11.8. The Labute approximate surface area is 184 Å². The summed E-state index contributed by atoms with van der Waals surface area (Å²) in [6.45, 7) is 5.86. The van der Waals surface area contributed by atoms with Gasteiger partial charge in [0.2, 0.25) is 5.91 Å². The Hall–Kier alpha value is -0.380. The molecule has 8 heteroatoms. The normalized spacial score (nSPS) is 25.7. The minimum Gasteiger partial charge on any atom is -0.356 e. The minimum atomic E-state index is -0.706. The summed E-state index contributed by atoms with van der Waals surface area (Å²) in [6.07, 6.45) is 7.90. The van der Waals surface area contributed by atoms with Crippen LogP contribution in [0.2, 0.25) is 0 Å². The second-order valence-corrected chi connectivity index (χ2v) is 9.35. The lowest BCUT2D eigenvalue weighted by molar-refractivity contribution is -0.129. The van der Waals surface area contributed by atoms with Crippen LogP contribution in [0.25, 0.3) is 0 Å². The van der Waals surface area contributed by atoms with Gasteiger partial charge in [0.1, 0.15) is 0 Å². The summed E-state index contributed by atoms with van der Waals surface area (Å²) in [7, 11) is 1.09. The van der Waals surface area contributed by atoms with Crippen LogP contribution in [0.1, 0.15) is 65.2 Å². The van der Waals surface area contributed by atoms with Crippen molar-refractivity contribution in [2.45, 2.75) is 82.5 Å². The molecule has 4 unspecified atom stereocenters. The molecule has 1 saturated carbocycles. The van der Waals surface area contributed by atoms with Crippen LogP contribution in [-0.2, 0) is 15.6 Å². The molecule has 158 valence electrons. The van der Waals surface area contributed by atoms with Crippen LogP contribution in [0.5, 0.6) is 0 Å². The van der Waals surface area contributed by atoms with E-state index in [0.29, 0.717) is 29.7 Å².